The van der Waals surface area contributed by atoms with Crippen molar-refractivity contribution in [3.05, 3.63) is 30.1 Å². The van der Waals surface area contributed by atoms with Crippen LogP contribution in [0.4, 0.5) is 0 Å². The molecule has 14 heavy (non-hydrogen) atoms. The van der Waals surface area contributed by atoms with Crippen molar-refractivity contribution in [2.24, 2.45) is 0 Å². The van der Waals surface area contributed by atoms with Crippen molar-refractivity contribution in [3.63, 3.8) is 0 Å². The summed E-state index contributed by atoms with van der Waals surface area (Å²) in [5.41, 5.74) is 0.915. The molecule has 0 aliphatic heterocycles. The standard InChI is InChI=1S/C9H9N3O2/c1-2-14-9(13)8-7-5-3-4-6-12(7)11-10-8/h3-6H,2H2,1H3. The summed E-state index contributed by atoms with van der Waals surface area (Å²) in [7, 11) is 0. The van der Waals surface area contributed by atoms with Crippen LogP contribution in [-0.2, 0) is 4.74 Å². The maximum atomic E-state index is 11.4. The lowest BCUT2D eigenvalue weighted by Gasteiger charge is -1.96. The minimum atomic E-state index is -0.436. The van der Waals surface area contributed by atoms with Crippen molar-refractivity contribution in [2.45, 2.75) is 6.92 Å². The number of rotatable bonds is 2. The van der Waals surface area contributed by atoms with Crippen LogP contribution in [0.3, 0.4) is 0 Å². The number of nitrogens with zero attached hydrogens (tertiary/aromatic N) is 3. The van der Waals surface area contributed by atoms with Gasteiger partial charge in [-0.15, -0.1) is 5.10 Å². The van der Waals surface area contributed by atoms with Gasteiger partial charge in [-0.3, -0.25) is 0 Å². The second-order valence-electron chi connectivity index (χ2n) is 2.69. The second-order valence-corrected chi connectivity index (χ2v) is 2.69. The number of esters is 1. The van der Waals surface area contributed by atoms with E-state index in [9.17, 15) is 4.79 Å². The third-order valence-electron chi connectivity index (χ3n) is 1.79. The van der Waals surface area contributed by atoms with Gasteiger partial charge in [-0.05, 0) is 19.1 Å². The first-order valence-electron chi connectivity index (χ1n) is 4.30. The quantitative estimate of drug-likeness (QED) is 0.662. The van der Waals surface area contributed by atoms with E-state index < -0.39 is 5.97 Å². The molecule has 0 aromatic carbocycles. The monoisotopic (exact) mass is 191 g/mol. The molecule has 0 fully saturated rings. The summed E-state index contributed by atoms with van der Waals surface area (Å²) in [6.07, 6.45) is 1.73. The van der Waals surface area contributed by atoms with Crippen LogP contribution in [0.15, 0.2) is 24.4 Å². The normalized spacial score (nSPS) is 10.4. The van der Waals surface area contributed by atoms with E-state index >= 15 is 0 Å². The van der Waals surface area contributed by atoms with Gasteiger partial charge in [0.05, 0.1) is 6.61 Å². The first kappa shape index (κ1) is 8.68. The number of hydrogen-bond donors (Lipinski definition) is 0. The largest absolute Gasteiger partial charge is 0.461 e. The SMILES string of the molecule is CCOC(=O)c1nnn2ccccc12. The van der Waals surface area contributed by atoms with Crippen molar-refractivity contribution in [2.75, 3.05) is 6.61 Å². The smallest absolute Gasteiger partial charge is 0.361 e. The molecule has 0 saturated carbocycles. The average Bonchev–Trinajstić information content (AvgIpc) is 2.61. The van der Waals surface area contributed by atoms with Gasteiger partial charge in [0.25, 0.3) is 0 Å². The Hall–Kier alpha value is -1.91. The zero-order valence-electron chi connectivity index (χ0n) is 7.67. The average molecular weight is 191 g/mol. The zero-order chi connectivity index (χ0) is 9.97. The molecule has 0 radical (unpaired) electrons. The maximum absolute atomic E-state index is 11.4. The molecule has 0 bridgehead atoms. The Kier molecular flexibility index (Phi) is 2.14. The predicted octanol–water partition coefficient (Wildman–Crippen LogP) is 0.906. The van der Waals surface area contributed by atoms with Crippen LogP contribution in [0.5, 0.6) is 0 Å². The van der Waals surface area contributed by atoms with E-state index in [-0.39, 0.29) is 5.69 Å². The van der Waals surface area contributed by atoms with E-state index in [0.717, 1.165) is 0 Å². The number of fused-ring (bicyclic) bond motifs is 1. The topological polar surface area (TPSA) is 56.5 Å². The van der Waals surface area contributed by atoms with Crippen LogP contribution in [-0.4, -0.2) is 27.4 Å². The van der Waals surface area contributed by atoms with E-state index in [2.05, 4.69) is 10.3 Å². The van der Waals surface area contributed by atoms with Gasteiger partial charge in [-0.25, -0.2) is 9.31 Å². The molecule has 0 unspecified atom stereocenters. The van der Waals surface area contributed by atoms with Crippen molar-refractivity contribution < 1.29 is 9.53 Å². The molecule has 5 heteroatoms. The van der Waals surface area contributed by atoms with Gasteiger partial charge in [0.2, 0.25) is 0 Å². The summed E-state index contributed by atoms with van der Waals surface area (Å²) >= 11 is 0. The van der Waals surface area contributed by atoms with Gasteiger partial charge < -0.3 is 4.74 Å². The highest BCUT2D eigenvalue weighted by molar-refractivity contribution is 5.94. The first-order chi connectivity index (χ1) is 6.83. The number of carbonyl (C=O) groups excluding carboxylic acids is 1. The Labute approximate surface area is 80.3 Å². The maximum Gasteiger partial charge on any atom is 0.361 e. The molecule has 5 nitrogen and oxygen atoms in total. The van der Waals surface area contributed by atoms with Gasteiger partial charge in [-0.2, -0.15) is 0 Å². The van der Waals surface area contributed by atoms with Crippen molar-refractivity contribution in [1.82, 2.24) is 14.8 Å². The van der Waals surface area contributed by atoms with E-state index in [1.165, 1.54) is 4.52 Å². The van der Waals surface area contributed by atoms with Crippen LogP contribution < -0.4 is 0 Å². The predicted molar refractivity (Wildman–Crippen MR) is 48.9 cm³/mol. The van der Waals surface area contributed by atoms with Crippen LogP contribution in [0.25, 0.3) is 5.52 Å². The Morgan fingerprint density at radius 3 is 3.21 bits per heavy atom. The van der Waals surface area contributed by atoms with Gasteiger partial charge >= 0.3 is 5.97 Å². The lowest BCUT2D eigenvalue weighted by Crippen LogP contribution is -2.05. The molecule has 0 spiro atoms. The van der Waals surface area contributed by atoms with Crippen molar-refractivity contribution in [1.29, 1.82) is 0 Å². The fourth-order valence-electron chi connectivity index (χ4n) is 1.19. The Balaban J connectivity index is 2.47. The summed E-state index contributed by atoms with van der Waals surface area (Å²) < 4.78 is 6.37. The summed E-state index contributed by atoms with van der Waals surface area (Å²) in [6, 6.07) is 5.41. The molecular formula is C9H9N3O2. The highest BCUT2D eigenvalue weighted by Gasteiger charge is 2.14. The Morgan fingerprint density at radius 1 is 1.57 bits per heavy atom. The van der Waals surface area contributed by atoms with Gasteiger partial charge in [0, 0.05) is 6.20 Å². The molecule has 0 amide bonds. The van der Waals surface area contributed by atoms with Crippen LogP contribution in [0.2, 0.25) is 0 Å². The zero-order valence-corrected chi connectivity index (χ0v) is 7.67. The molecule has 0 saturated heterocycles. The third kappa shape index (κ3) is 1.32. The molecule has 2 heterocycles. The number of hydrogen-bond acceptors (Lipinski definition) is 4. The molecule has 72 valence electrons. The summed E-state index contributed by atoms with van der Waals surface area (Å²) in [5, 5.41) is 7.54. The fourth-order valence-corrected chi connectivity index (χ4v) is 1.19. The van der Waals surface area contributed by atoms with Crippen LogP contribution in [0.1, 0.15) is 17.4 Å². The number of pyridine rings is 1. The molecule has 0 aliphatic carbocycles. The van der Waals surface area contributed by atoms with Crippen molar-refractivity contribution in [3.8, 4) is 0 Å². The van der Waals surface area contributed by atoms with E-state index in [1.807, 2.05) is 12.1 Å². The van der Waals surface area contributed by atoms with Gasteiger partial charge in [-0.1, -0.05) is 11.3 Å². The molecule has 0 aliphatic rings. The number of aromatic nitrogens is 3. The van der Waals surface area contributed by atoms with E-state index in [4.69, 9.17) is 4.74 Å². The van der Waals surface area contributed by atoms with Gasteiger partial charge in [0.1, 0.15) is 5.52 Å². The van der Waals surface area contributed by atoms with Crippen LogP contribution >= 0.6 is 0 Å². The van der Waals surface area contributed by atoms with E-state index in [0.29, 0.717) is 12.1 Å². The minimum Gasteiger partial charge on any atom is -0.461 e. The molecule has 2 aromatic rings. The second kappa shape index (κ2) is 3.45. The molecule has 2 rings (SSSR count). The van der Waals surface area contributed by atoms with Crippen LogP contribution in [0, 0.1) is 0 Å². The highest BCUT2D eigenvalue weighted by Crippen LogP contribution is 2.07. The Morgan fingerprint density at radius 2 is 2.43 bits per heavy atom. The fraction of sp³-hybridized carbons (Fsp3) is 0.222. The Bertz CT molecular complexity index is 464. The third-order valence-corrected chi connectivity index (χ3v) is 1.79. The summed E-state index contributed by atoms with van der Waals surface area (Å²) in [4.78, 5) is 11.4. The molecule has 2 aromatic heterocycles. The van der Waals surface area contributed by atoms with Crippen molar-refractivity contribution >= 4 is 11.5 Å². The summed E-state index contributed by atoms with van der Waals surface area (Å²) in [6.45, 7) is 2.09. The minimum absolute atomic E-state index is 0.257. The molecule has 0 N–H and O–H groups in total. The first-order valence-corrected chi connectivity index (χ1v) is 4.30. The molecular weight excluding hydrogens is 182 g/mol. The number of carbonyl (C=O) groups is 1. The summed E-state index contributed by atoms with van der Waals surface area (Å²) in [5.74, 6) is -0.436. The lowest BCUT2D eigenvalue weighted by atomic mass is 10.3. The lowest BCUT2D eigenvalue weighted by molar-refractivity contribution is 0.0521. The molecule has 0 atom stereocenters. The van der Waals surface area contributed by atoms with Gasteiger partial charge in [0.15, 0.2) is 5.69 Å². The number of ether oxygens (including phenoxy) is 1. The van der Waals surface area contributed by atoms with E-state index in [1.54, 1.807) is 19.2 Å². The highest BCUT2D eigenvalue weighted by atomic mass is 16.5.